The van der Waals surface area contributed by atoms with Gasteiger partial charge in [0, 0.05) is 6.20 Å². The number of rotatable bonds is 3. The largest absolute Gasteiger partial charge is 0.467 e. The van der Waals surface area contributed by atoms with E-state index in [2.05, 4.69) is 15.4 Å². The molecule has 0 radical (unpaired) electrons. The quantitative estimate of drug-likeness (QED) is 0.767. The smallest absolute Gasteiger partial charge is 0.291 e. The normalized spacial score (nSPS) is 11.0. The first-order chi connectivity index (χ1) is 10.1. The zero-order valence-corrected chi connectivity index (χ0v) is 11.8. The summed E-state index contributed by atoms with van der Waals surface area (Å²) in [5.74, 6) is 0.270. The van der Waals surface area contributed by atoms with Crippen LogP contribution in [0.5, 0.6) is 0 Å². The minimum absolute atomic E-state index is 0.0249. The first-order valence-electron chi connectivity index (χ1n) is 6.14. The van der Waals surface area contributed by atoms with Crippen LogP contribution in [0.1, 0.15) is 21.8 Å². The van der Waals surface area contributed by atoms with Crippen LogP contribution in [0.15, 0.2) is 33.8 Å². The Balaban J connectivity index is 1.93. The second-order valence-corrected chi connectivity index (χ2v) is 4.80. The lowest BCUT2D eigenvalue weighted by Gasteiger charge is -2.02. The maximum Gasteiger partial charge on any atom is 0.291 e. The van der Waals surface area contributed by atoms with E-state index in [-0.39, 0.29) is 28.7 Å². The molecule has 3 heterocycles. The number of aryl methyl sites for hydroxylation is 1. The van der Waals surface area contributed by atoms with E-state index in [9.17, 15) is 9.59 Å². The molecule has 3 aromatic rings. The van der Waals surface area contributed by atoms with Gasteiger partial charge in [-0.25, -0.2) is 4.98 Å². The van der Waals surface area contributed by atoms with Crippen LogP contribution in [0.3, 0.4) is 0 Å². The fourth-order valence-electron chi connectivity index (χ4n) is 1.94. The minimum atomic E-state index is -0.441. The Kier molecular flexibility index (Phi) is 3.26. The van der Waals surface area contributed by atoms with Gasteiger partial charge in [-0.1, -0.05) is 11.6 Å². The van der Waals surface area contributed by atoms with E-state index in [1.165, 1.54) is 12.5 Å². The van der Waals surface area contributed by atoms with E-state index in [1.54, 1.807) is 19.1 Å². The number of halogens is 1. The van der Waals surface area contributed by atoms with Crippen LogP contribution < -0.4 is 10.9 Å². The van der Waals surface area contributed by atoms with Crippen molar-refractivity contribution in [3.05, 3.63) is 57.0 Å². The molecule has 0 aliphatic rings. The molecule has 0 spiro atoms. The molecule has 0 saturated heterocycles. The molecule has 0 unspecified atom stereocenters. The third-order valence-corrected chi connectivity index (χ3v) is 3.46. The Bertz CT molecular complexity index is 864. The molecule has 0 bridgehead atoms. The Morgan fingerprint density at radius 2 is 2.38 bits per heavy atom. The highest BCUT2D eigenvalue weighted by atomic mass is 35.5. The first kappa shape index (κ1) is 13.4. The second-order valence-electron chi connectivity index (χ2n) is 4.42. The fraction of sp³-hybridized carbons (Fsp3) is 0.154. The molecule has 3 aromatic heterocycles. The van der Waals surface area contributed by atoms with E-state index < -0.39 is 5.56 Å². The summed E-state index contributed by atoms with van der Waals surface area (Å²) in [6.07, 6.45) is 2.94. The summed E-state index contributed by atoms with van der Waals surface area (Å²) in [7, 11) is 0. The van der Waals surface area contributed by atoms with E-state index >= 15 is 0 Å². The summed E-state index contributed by atoms with van der Waals surface area (Å²) in [5, 5.41) is 5.39. The van der Waals surface area contributed by atoms with Crippen LogP contribution in [0, 0.1) is 6.92 Å². The van der Waals surface area contributed by atoms with Gasteiger partial charge in [-0.05, 0) is 19.1 Å². The molecule has 0 aliphatic heterocycles. The molecule has 1 amide bonds. The summed E-state index contributed by atoms with van der Waals surface area (Å²) in [6.45, 7) is 1.86. The summed E-state index contributed by atoms with van der Waals surface area (Å²) in [6, 6.07) is 3.49. The number of nitrogens with zero attached hydrogens (tertiary/aromatic N) is 2. The zero-order valence-electron chi connectivity index (χ0n) is 11.0. The Morgan fingerprint density at radius 3 is 3.10 bits per heavy atom. The molecule has 0 aliphatic carbocycles. The highest BCUT2D eigenvalue weighted by molar-refractivity contribution is 6.31. The number of hydrogen-bond acceptors (Lipinski definition) is 4. The van der Waals surface area contributed by atoms with Crippen molar-refractivity contribution in [1.82, 2.24) is 19.9 Å². The van der Waals surface area contributed by atoms with Crippen molar-refractivity contribution in [3.8, 4) is 0 Å². The lowest BCUT2D eigenvalue weighted by Crippen LogP contribution is -2.23. The van der Waals surface area contributed by atoms with Gasteiger partial charge in [0.25, 0.3) is 11.5 Å². The van der Waals surface area contributed by atoms with Gasteiger partial charge < -0.3 is 9.73 Å². The number of carbonyl (C=O) groups is 1. The highest BCUT2D eigenvalue weighted by Crippen LogP contribution is 2.12. The second kappa shape index (κ2) is 5.10. The first-order valence-corrected chi connectivity index (χ1v) is 6.52. The number of aromatic amines is 1. The lowest BCUT2D eigenvalue weighted by molar-refractivity contribution is 0.0949. The number of hydrogen-bond donors (Lipinski definition) is 2. The van der Waals surface area contributed by atoms with Gasteiger partial charge in [0.1, 0.15) is 16.3 Å². The monoisotopic (exact) mass is 306 g/mol. The summed E-state index contributed by atoms with van der Waals surface area (Å²) >= 11 is 5.85. The van der Waals surface area contributed by atoms with Crippen molar-refractivity contribution in [2.45, 2.75) is 13.5 Å². The van der Waals surface area contributed by atoms with Gasteiger partial charge in [0.2, 0.25) is 0 Å². The van der Waals surface area contributed by atoms with Crippen molar-refractivity contribution in [2.24, 2.45) is 0 Å². The molecular weight excluding hydrogens is 296 g/mol. The standard InChI is InChI=1S/C13H11ClN4O3/c1-7-10(14)13(20)18-11(17-7)9(6-16-18)12(19)15-5-8-3-2-4-21-8/h2-4,6,16H,5H2,1H3,(H,15,19). The van der Waals surface area contributed by atoms with Gasteiger partial charge >= 0.3 is 0 Å². The maximum atomic E-state index is 12.2. The van der Waals surface area contributed by atoms with Crippen molar-refractivity contribution in [2.75, 3.05) is 0 Å². The number of fused-ring (bicyclic) bond motifs is 1. The Hall–Kier alpha value is -2.54. The van der Waals surface area contributed by atoms with Gasteiger partial charge in [0.05, 0.1) is 18.5 Å². The predicted octanol–water partition coefficient (Wildman–Crippen LogP) is 1.51. The zero-order chi connectivity index (χ0) is 15.0. The van der Waals surface area contributed by atoms with Gasteiger partial charge in [0.15, 0.2) is 5.65 Å². The van der Waals surface area contributed by atoms with E-state index in [4.69, 9.17) is 16.0 Å². The van der Waals surface area contributed by atoms with E-state index in [1.807, 2.05) is 0 Å². The number of amides is 1. The van der Waals surface area contributed by atoms with Crippen molar-refractivity contribution in [3.63, 3.8) is 0 Å². The SMILES string of the molecule is Cc1nc2c(C(=O)NCc3ccco3)c[nH]n2c(=O)c1Cl. The van der Waals surface area contributed by atoms with Crippen LogP contribution in [0.25, 0.3) is 5.65 Å². The van der Waals surface area contributed by atoms with Gasteiger partial charge in [-0.2, -0.15) is 4.52 Å². The molecular formula is C13H11ClN4O3. The molecule has 8 heteroatoms. The van der Waals surface area contributed by atoms with Crippen LogP contribution in [0.2, 0.25) is 5.02 Å². The van der Waals surface area contributed by atoms with Crippen molar-refractivity contribution < 1.29 is 9.21 Å². The topological polar surface area (TPSA) is 92.4 Å². The van der Waals surface area contributed by atoms with Gasteiger partial charge in [-0.3, -0.25) is 14.7 Å². The van der Waals surface area contributed by atoms with Crippen molar-refractivity contribution >= 4 is 23.2 Å². The van der Waals surface area contributed by atoms with E-state index in [0.29, 0.717) is 11.5 Å². The molecule has 0 fully saturated rings. The van der Waals surface area contributed by atoms with Gasteiger partial charge in [-0.15, -0.1) is 0 Å². The lowest BCUT2D eigenvalue weighted by atomic mass is 10.3. The predicted molar refractivity (Wildman–Crippen MR) is 75.4 cm³/mol. The fourth-order valence-corrected chi connectivity index (χ4v) is 2.07. The molecule has 0 atom stereocenters. The summed E-state index contributed by atoms with van der Waals surface area (Å²) < 4.78 is 6.27. The third-order valence-electron chi connectivity index (χ3n) is 3.02. The number of furan rings is 1. The third kappa shape index (κ3) is 2.31. The average molecular weight is 307 g/mol. The van der Waals surface area contributed by atoms with Crippen LogP contribution >= 0.6 is 11.6 Å². The van der Waals surface area contributed by atoms with Crippen LogP contribution in [-0.4, -0.2) is 20.5 Å². The number of nitrogens with one attached hydrogen (secondary N) is 2. The Morgan fingerprint density at radius 1 is 1.57 bits per heavy atom. The Labute approximate surface area is 123 Å². The summed E-state index contributed by atoms with van der Waals surface area (Å²) in [4.78, 5) is 28.3. The molecule has 108 valence electrons. The van der Waals surface area contributed by atoms with Crippen LogP contribution in [-0.2, 0) is 6.54 Å². The van der Waals surface area contributed by atoms with Crippen LogP contribution in [0.4, 0.5) is 0 Å². The van der Waals surface area contributed by atoms with Crippen molar-refractivity contribution in [1.29, 1.82) is 0 Å². The minimum Gasteiger partial charge on any atom is -0.467 e. The molecule has 21 heavy (non-hydrogen) atoms. The summed E-state index contributed by atoms with van der Waals surface area (Å²) in [5.41, 5.74) is 0.433. The highest BCUT2D eigenvalue weighted by Gasteiger charge is 2.17. The molecule has 7 nitrogen and oxygen atoms in total. The average Bonchev–Trinajstić information content (AvgIpc) is 3.11. The number of carbonyl (C=O) groups excluding carboxylic acids is 1. The van der Waals surface area contributed by atoms with E-state index in [0.717, 1.165) is 4.52 Å². The number of H-pyrrole nitrogens is 1. The molecule has 2 N–H and O–H groups in total. The molecule has 0 aromatic carbocycles. The molecule has 3 rings (SSSR count). The maximum absolute atomic E-state index is 12.2. The number of aromatic nitrogens is 3. The molecule has 0 saturated carbocycles.